The summed E-state index contributed by atoms with van der Waals surface area (Å²) in [6, 6.07) is 9.22. The van der Waals surface area contributed by atoms with Crippen molar-refractivity contribution < 1.29 is 18.0 Å². The number of likely N-dealkylation sites (tertiary alicyclic amines) is 1. The molecular formula is C17H18N4O4S2. The number of hydrogen-bond donors (Lipinski definition) is 1. The molecule has 4 rings (SSSR count). The Balaban J connectivity index is 1.39. The smallest absolute Gasteiger partial charge is 0.231 e. The van der Waals surface area contributed by atoms with E-state index >= 15 is 0 Å². The molecule has 2 atom stereocenters. The van der Waals surface area contributed by atoms with Crippen LogP contribution in [0, 0.1) is 5.92 Å². The standard InChI is InChI=1S/C17H18N4O4S2/c22-14-8-12(9-21(14)13-6-7-27(24,25)10-13)15(23)18-17-20-19-16(26-17)11-4-2-1-3-5-11/h1-5,12-13H,6-10H2,(H,18,20,23). The molecule has 2 aliphatic rings. The maximum Gasteiger partial charge on any atom is 0.231 e. The first kappa shape index (κ1) is 18.1. The normalized spacial score (nSPS) is 24.3. The molecule has 2 fully saturated rings. The van der Waals surface area contributed by atoms with E-state index in [0.29, 0.717) is 16.6 Å². The number of carbonyl (C=O) groups is 2. The molecule has 1 aromatic carbocycles. The van der Waals surface area contributed by atoms with Crippen molar-refractivity contribution in [3.05, 3.63) is 30.3 Å². The Morgan fingerprint density at radius 1 is 1.22 bits per heavy atom. The molecule has 10 heteroatoms. The quantitative estimate of drug-likeness (QED) is 0.817. The van der Waals surface area contributed by atoms with Crippen molar-refractivity contribution in [2.24, 2.45) is 5.92 Å². The molecule has 2 unspecified atom stereocenters. The highest BCUT2D eigenvalue weighted by Gasteiger charge is 2.42. The minimum absolute atomic E-state index is 0.0100. The number of sulfone groups is 1. The first-order chi connectivity index (χ1) is 12.9. The van der Waals surface area contributed by atoms with Crippen LogP contribution in [0.25, 0.3) is 10.6 Å². The Hall–Kier alpha value is -2.33. The molecular weight excluding hydrogens is 388 g/mol. The van der Waals surface area contributed by atoms with E-state index in [1.54, 1.807) is 4.90 Å². The highest BCUT2D eigenvalue weighted by atomic mass is 32.2. The van der Waals surface area contributed by atoms with Crippen LogP contribution in [0.15, 0.2) is 30.3 Å². The maximum atomic E-state index is 12.5. The van der Waals surface area contributed by atoms with E-state index in [1.807, 2.05) is 30.3 Å². The fourth-order valence-electron chi connectivity index (χ4n) is 3.46. The van der Waals surface area contributed by atoms with Gasteiger partial charge in [0.25, 0.3) is 0 Å². The van der Waals surface area contributed by atoms with Crippen LogP contribution in [0.3, 0.4) is 0 Å². The van der Waals surface area contributed by atoms with E-state index in [1.165, 1.54) is 11.3 Å². The highest BCUT2D eigenvalue weighted by molar-refractivity contribution is 7.91. The van der Waals surface area contributed by atoms with Gasteiger partial charge < -0.3 is 10.2 Å². The van der Waals surface area contributed by atoms with Crippen molar-refractivity contribution in [2.45, 2.75) is 18.9 Å². The number of hydrogen-bond acceptors (Lipinski definition) is 7. The van der Waals surface area contributed by atoms with Crippen LogP contribution < -0.4 is 5.32 Å². The van der Waals surface area contributed by atoms with E-state index in [9.17, 15) is 18.0 Å². The Morgan fingerprint density at radius 2 is 2.00 bits per heavy atom. The van der Waals surface area contributed by atoms with Crippen molar-refractivity contribution >= 4 is 38.1 Å². The Kier molecular flexibility index (Phi) is 4.68. The van der Waals surface area contributed by atoms with Gasteiger partial charge in [0, 0.05) is 24.6 Å². The number of amides is 2. The first-order valence-corrected chi connectivity index (χ1v) is 11.2. The van der Waals surface area contributed by atoms with Crippen molar-refractivity contribution in [3.8, 4) is 10.6 Å². The summed E-state index contributed by atoms with van der Waals surface area (Å²) in [6.07, 6.45) is 0.534. The molecule has 2 saturated heterocycles. The number of nitrogens with one attached hydrogen (secondary N) is 1. The second kappa shape index (κ2) is 7.01. The van der Waals surface area contributed by atoms with Crippen molar-refractivity contribution in [1.82, 2.24) is 15.1 Å². The lowest BCUT2D eigenvalue weighted by Gasteiger charge is -2.22. The van der Waals surface area contributed by atoms with Gasteiger partial charge in [-0.05, 0) is 6.42 Å². The average molecular weight is 406 g/mol. The number of aromatic nitrogens is 2. The summed E-state index contributed by atoms with van der Waals surface area (Å²) in [7, 11) is -3.08. The predicted octanol–water partition coefficient (Wildman–Crippen LogP) is 1.18. The van der Waals surface area contributed by atoms with Gasteiger partial charge in [-0.2, -0.15) is 0 Å². The molecule has 0 aliphatic carbocycles. The molecule has 3 heterocycles. The summed E-state index contributed by atoms with van der Waals surface area (Å²) in [5.41, 5.74) is 0.917. The molecule has 0 radical (unpaired) electrons. The van der Waals surface area contributed by atoms with Crippen molar-refractivity contribution in [3.63, 3.8) is 0 Å². The van der Waals surface area contributed by atoms with Crippen molar-refractivity contribution in [2.75, 3.05) is 23.4 Å². The number of rotatable bonds is 4. The summed E-state index contributed by atoms with van der Waals surface area (Å²) in [5.74, 6) is -0.873. The van der Waals surface area contributed by atoms with Gasteiger partial charge in [0.2, 0.25) is 16.9 Å². The fourth-order valence-corrected chi connectivity index (χ4v) is 5.94. The summed E-state index contributed by atoms with van der Waals surface area (Å²) in [6.45, 7) is 0.245. The summed E-state index contributed by atoms with van der Waals surface area (Å²) in [5, 5.41) is 11.9. The van der Waals surface area contributed by atoms with Gasteiger partial charge >= 0.3 is 0 Å². The van der Waals surface area contributed by atoms with Crippen LogP contribution in [0.2, 0.25) is 0 Å². The van der Waals surface area contributed by atoms with E-state index in [2.05, 4.69) is 15.5 Å². The van der Waals surface area contributed by atoms with Gasteiger partial charge in [-0.15, -0.1) is 10.2 Å². The van der Waals surface area contributed by atoms with E-state index in [4.69, 9.17) is 0 Å². The lowest BCUT2D eigenvalue weighted by atomic mass is 10.1. The van der Waals surface area contributed by atoms with Gasteiger partial charge in [0.1, 0.15) is 5.01 Å². The Morgan fingerprint density at radius 3 is 2.70 bits per heavy atom. The number of benzene rings is 1. The molecule has 2 amide bonds. The van der Waals surface area contributed by atoms with E-state index < -0.39 is 15.8 Å². The minimum atomic E-state index is -3.08. The maximum absolute atomic E-state index is 12.5. The fraction of sp³-hybridized carbons (Fsp3) is 0.412. The lowest BCUT2D eigenvalue weighted by Crippen LogP contribution is -2.38. The molecule has 0 spiro atoms. The van der Waals surface area contributed by atoms with Gasteiger partial charge in [-0.3, -0.25) is 9.59 Å². The van der Waals surface area contributed by atoms with Gasteiger partial charge in [-0.1, -0.05) is 41.7 Å². The van der Waals surface area contributed by atoms with E-state index in [0.717, 1.165) is 5.56 Å². The topological polar surface area (TPSA) is 109 Å². The lowest BCUT2D eigenvalue weighted by molar-refractivity contribution is -0.129. The minimum Gasteiger partial charge on any atom is -0.338 e. The predicted molar refractivity (Wildman–Crippen MR) is 101 cm³/mol. The van der Waals surface area contributed by atoms with Crippen LogP contribution in [0.4, 0.5) is 5.13 Å². The molecule has 2 aliphatic heterocycles. The van der Waals surface area contributed by atoms with Gasteiger partial charge in [-0.25, -0.2) is 8.42 Å². The molecule has 2 aromatic rings. The number of nitrogens with zero attached hydrogens (tertiary/aromatic N) is 3. The molecule has 27 heavy (non-hydrogen) atoms. The van der Waals surface area contributed by atoms with Crippen LogP contribution >= 0.6 is 11.3 Å². The number of carbonyl (C=O) groups excluding carboxylic acids is 2. The summed E-state index contributed by atoms with van der Waals surface area (Å²) < 4.78 is 23.3. The second-order valence-electron chi connectivity index (χ2n) is 6.77. The Labute approximate surface area is 160 Å². The average Bonchev–Trinajstić information content (AvgIpc) is 3.34. The number of anilines is 1. The Bertz CT molecular complexity index is 974. The van der Waals surface area contributed by atoms with Crippen LogP contribution in [0.5, 0.6) is 0 Å². The molecule has 1 aromatic heterocycles. The highest BCUT2D eigenvalue weighted by Crippen LogP contribution is 2.29. The molecule has 1 N–H and O–H groups in total. The first-order valence-electron chi connectivity index (χ1n) is 8.61. The van der Waals surface area contributed by atoms with Crippen LogP contribution in [-0.2, 0) is 19.4 Å². The van der Waals surface area contributed by atoms with Gasteiger partial charge in [0.15, 0.2) is 9.84 Å². The van der Waals surface area contributed by atoms with Crippen LogP contribution in [0.1, 0.15) is 12.8 Å². The largest absolute Gasteiger partial charge is 0.338 e. The molecule has 0 saturated carbocycles. The van der Waals surface area contributed by atoms with Crippen LogP contribution in [-0.4, -0.2) is 59.4 Å². The third kappa shape index (κ3) is 3.86. The third-order valence-electron chi connectivity index (χ3n) is 4.85. The second-order valence-corrected chi connectivity index (χ2v) is 9.98. The van der Waals surface area contributed by atoms with Gasteiger partial charge in [0.05, 0.1) is 17.4 Å². The zero-order valence-electron chi connectivity index (χ0n) is 14.4. The zero-order chi connectivity index (χ0) is 19.0. The monoisotopic (exact) mass is 406 g/mol. The summed E-state index contributed by atoms with van der Waals surface area (Å²) >= 11 is 1.27. The third-order valence-corrected chi connectivity index (χ3v) is 7.49. The summed E-state index contributed by atoms with van der Waals surface area (Å²) in [4.78, 5) is 26.3. The molecule has 142 valence electrons. The SMILES string of the molecule is O=C(Nc1nnc(-c2ccccc2)s1)C1CC(=O)N(C2CCS(=O)(=O)C2)C1. The molecule has 8 nitrogen and oxygen atoms in total. The van der Waals surface area contributed by atoms with Crippen molar-refractivity contribution in [1.29, 1.82) is 0 Å². The molecule has 0 bridgehead atoms. The zero-order valence-corrected chi connectivity index (χ0v) is 16.0. The van der Waals surface area contributed by atoms with E-state index in [-0.39, 0.29) is 42.3 Å².